The highest BCUT2D eigenvalue weighted by Crippen LogP contribution is 2.33. The van der Waals surface area contributed by atoms with Gasteiger partial charge in [-0.2, -0.15) is 0 Å². The number of anilines is 1. The van der Waals surface area contributed by atoms with Crippen LogP contribution in [0.1, 0.15) is 28.8 Å². The Morgan fingerprint density at radius 3 is 2.63 bits per heavy atom. The van der Waals surface area contributed by atoms with Gasteiger partial charge in [0, 0.05) is 15.7 Å². The number of carbonyl (C=O) groups is 2. The largest absolute Gasteiger partial charge is 0.465 e. The van der Waals surface area contributed by atoms with E-state index in [1.165, 1.54) is 7.11 Å². The summed E-state index contributed by atoms with van der Waals surface area (Å²) in [6, 6.07) is 3.52. The van der Waals surface area contributed by atoms with E-state index in [0.717, 1.165) is 22.9 Å². The van der Waals surface area contributed by atoms with E-state index in [1.54, 1.807) is 6.07 Å². The average Bonchev–Trinajstić information content (AvgIpc) is 3.23. The number of benzene rings is 1. The van der Waals surface area contributed by atoms with Gasteiger partial charge >= 0.3 is 5.97 Å². The minimum atomic E-state index is -0.457. The number of hydrogen-bond donors (Lipinski definition) is 1. The van der Waals surface area contributed by atoms with Crippen molar-refractivity contribution in [2.45, 2.75) is 18.2 Å². The summed E-state index contributed by atoms with van der Waals surface area (Å²) in [7, 11) is 1.33. The molecule has 1 aromatic carbocycles. The Morgan fingerprint density at radius 2 is 2.11 bits per heavy atom. The van der Waals surface area contributed by atoms with E-state index >= 15 is 0 Å². The van der Waals surface area contributed by atoms with Crippen molar-refractivity contribution in [2.24, 2.45) is 5.92 Å². The molecule has 1 aliphatic carbocycles. The fraction of sp³-hybridized carbons (Fsp3) is 0.385. The molecule has 0 saturated heterocycles. The lowest BCUT2D eigenvalue weighted by molar-refractivity contribution is -0.117. The predicted octanol–water partition coefficient (Wildman–Crippen LogP) is 3.48. The first-order chi connectivity index (χ1) is 9.08. The summed E-state index contributed by atoms with van der Waals surface area (Å²) in [6.45, 7) is 0. The normalized spacial score (nSPS) is 14.1. The van der Waals surface area contributed by atoms with Crippen LogP contribution in [-0.4, -0.2) is 19.0 Å². The number of amides is 1. The summed E-state index contributed by atoms with van der Waals surface area (Å²) >= 11 is 6.74. The molecule has 1 N–H and O–H groups in total. The van der Waals surface area contributed by atoms with Crippen molar-refractivity contribution in [3.05, 3.63) is 27.7 Å². The average molecular weight is 391 g/mol. The van der Waals surface area contributed by atoms with Crippen molar-refractivity contribution in [1.29, 1.82) is 0 Å². The van der Waals surface area contributed by atoms with Crippen LogP contribution >= 0.6 is 31.9 Å². The molecule has 1 fully saturated rings. The van der Waals surface area contributed by atoms with Crippen LogP contribution in [0.4, 0.5) is 5.69 Å². The number of methoxy groups -OCH3 is 1. The van der Waals surface area contributed by atoms with Crippen molar-refractivity contribution < 1.29 is 14.3 Å². The summed E-state index contributed by atoms with van der Waals surface area (Å²) in [5, 5.41) is 3.30. The molecule has 0 aliphatic heterocycles. The molecule has 1 aliphatic rings. The highest BCUT2D eigenvalue weighted by atomic mass is 79.9. The Bertz CT molecular complexity index is 527. The molecule has 1 aromatic rings. The van der Waals surface area contributed by atoms with E-state index < -0.39 is 5.97 Å². The van der Waals surface area contributed by atoms with Crippen LogP contribution < -0.4 is 5.32 Å². The molecule has 0 atom stereocenters. The van der Waals surface area contributed by atoms with Crippen LogP contribution in [0.2, 0.25) is 0 Å². The van der Waals surface area contributed by atoms with Crippen LogP contribution in [0.25, 0.3) is 0 Å². The second-order valence-corrected chi connectivity index (χ2v) is 5.75. The summed E-state index contributed by atoms with van der Waals surface area (Å²) < 4.78 is 5.60. The Morgan fingerprint density at radius 1 is 1.42 bits per heavy atom. The predicted molar refractivity (Wildman–Crippen MR) is 79.5 cm³/mol. The second kappa shape index (κ2) is 6.05. The Kier molecular flexibility index (Phi) is 4.62. The lowest BCUT2D eigenvalue weighted by atomic mass is 10.1. The number of rotatable bonds is 4. The van der Waals surface area contributed by atoms with Crippen molar-refractivity contribution in [2.75, 3.05) is 12.4 Å². The standard InChI is InChI=1S/C13H13Br2NO3/c1-19-13(18)11-8(6-14)9(15)4-5-10(11)16-12(17)7-2-3-7/h4-5,7H,2-3,6H2,1H3,(H,16,17). The molecular formula is C13H13Br2NO3. The first kappa shape index (κ1) is 14.5. The molecule has 0 heterocycles. The second-order valence-electron chi connectivity index (χ2n) is 4.34. The van der Waals surface area contributed by atoms with Gasteiger partial charge in [-0.1, -0.05) is 31.9 Å². The van der Waals surface area contributed by atoms with Crippen LogP contribution in [-0.2, 0) is 14.9 Å². The summed E-state index contributed by atoms with van der Waals surface area (Å²) in [5.41, 5.74) is 1.66. The minimum Gasteiger partial charge on any atom is -0.465 e. The zero-order valence-corrected chi connectivity index (χ0v) is 13.5. The van der Waals surface area contributed by atoms with Gasteiger partial charge in [-0.15, -0.1) is 0 Å². The highest BCUT2D eigenvalue weighted by Gasteiger charge is 2.31. The third-order valence-corrected chi connectivity index (χ3v) is 4.29. The van der Waals surface area contributed by atoms with E-state index in [-0.39, 0.29) is 11.8 Å². The zero-order chi connectivity index (χ0) is 14.0. The van der Waals surface area contributed by atoms with Gasteiger partial charge in [0.1, 0.15) is 0 Å². The molecule has 1 saturated carbocycles. The lowest BCUT2D eigenvalue weighted by Gasteiger charge is -2.14. The van der Waals surface area contributed by atoms with Crippen molar-refractivity contribution >= 4 is 49.4 Å². The zero-order valence-electron chi connectivity index (χ0n) is 10.3. The van der Waals surface area contributed by atoms with Crippen molar-refractivity contribution in [3.8, 4) is 0 Å². The summed E-state index contributed by atoms with van der Waals surface area (Å²) in [6.07, 6.45) is 1.84. The topological polar surface area (TPSA) is 55.4 Å². The molecule has 102 valence electrons. The Hall–Kier alpha value is -0.880. The van der Waals surface area contributed by atoms with E-state index in [9.17, 15) is 9.59 Å². The number of hydrogen-bond acceptors (Lipinski definition) is 3. The minimum absolute atomic E-state index is 0.0343. The fourth-order valence-electron chi connectivity index (χ4n) is 1.77. The van der Waals surface area contributed by atoms with Crippen LogP contribution in [0.15, 0.2) is 16.6 Å². The molecule has 0 radical (unpaired) electrons. The molecule has 4 nitrogen and oxygen atoms in total. The number of halogens is 2. The smallest absolute Gasteiger partial charge is 0.340 e. The molecule has 2 rings (SSSR count). The molecule has 0 spiro atoms. The third-order valence-electron chi connectivity index (χ3n) is 2.98. The van der Waals surface area contributed by atoms with Gasteiger partial charge in [0.15, 0.2) is 0 Å². The van der Waals surface area contributed by atoms with Gasteiger partial charge in [0.05, 0.1) is 18.4 Å². The molecule has 6 heteroatoms. The Balaban J connectivity index is 2.40. The van der Waals surface area contributed by atoms with Gasteiger partial charge in [0.25, 0.3) is 0 Å². The van der Waals surface area contributed by atoms with Gasteiger partial charge in [-0.05, 0) is 30.5 Å². The SMILES string of the molecule is COC(=O)c1c(NC(=O)C2CC2)ccc(Br)c1CBr. The van der Waals surface area contributed by atoms with E-state index in [2.05, 4.69) is 37.2 Å². The number of alkyl halides is 1. The van der Waals surface area contributed by atoms with Crippen LogP contribution in [0.3, 0.4) is 0 Å². The van der Waals surface area contributed by atoms with Crippen LogP contribution in [0, 0.1) is 5.92 Å². The van der Waals surface area contributed by atoms with Crippen LogP contribution in [0.5, 0.6) is 0 Å². The monoisotopic (exact) mass is 389 g/mol. The number of nitrogens with one attached hydrogen (secondary N) is 1. The molecule has 19 heavy (non-hydrogen) atoms. The third kappa shape index (κ3) is 3.17. The number of ether oxygens (including phenoxy) is 1. The maximum atomic E-state index is 11.9. The van der Waals surface area contributed by atoms with E-state index in [4.69, 9.17) is 4.74 Å². The van der Waals surface area contributed by atoms with Crippen molar-refractivity contribution in [1.82, 2.24) is 0 Å². The molecule has 0 unspecified atom stereocenters. The summed E-state index contributed by atoms with van der Waals surface area (Å²) in [4.78, 5) is 23.8. The molecule has 0 bridgehead atoms. The first-order valence-electron chi connectivity index (χ1n) is 5.85. The van der Waals surface area contributed by atoms with Gasteiger partial charge in [-0.25, -0.2) is 4.79 Å². The van der Waals surface area contributed by atoms with Gasteiger partial charge in [-0.3, -0.25) is 4.79 Å². The number of carbonyl (C=O) groups excluding carboxylic acids is 2. The molecule has 1 amide bonds. The maximum absolute atomic E-state index is 11.9. The Labute approximate surface area is 128 Å². The molecular weight excluding hydrogens is 378 g/mol. The summed E-state index contributed by atoms with van der Waals surface area (Å²) in [5.74, 6) is -0.406. The van der Waals surface area contributed by atoms with E-state index in [1.807, 2.05) is 6.07 Å². The van der Waals surface area contributed by atoms with E-state index in [0.29, 0.717) is 16.6 Å². The first-order valence-corrected chi connectivity index (χ1v) is 7.76. The highest BCUT2D eigenvalue weighted by molar-refractivity contribution is 9.10. The quantitative estimate of drug-likeness (QED) is 0.632. The lowest BCUT2D eigenvalue weighted by Crippen LogP contribution is -2.18. The molecule has 0 aromatic heterocycles. The maximum Gasteiger partial charge on any atom is 0.340 e. The van der Waals surface area contributed by atoms with Gasteiger partial charge in [0.2, 0.25) is 5.91 Å². The van der Waals surface area contributed by atoms with Crippen molar-refractivity contribution in [3.63, 3.8) is 0 Å². The van der Waals surface area contributed by atoms with Gasteiger partial charge < -0.3 is 10.1 Å². The number of esters is 1. The fourth-order valence-corrected chi connectivity index (χ4v) is 3.20.